The molecule has 1 atom stereocenters. The van der Waals surface area contributed by atoms with Crippen molar-refractivity contribution in [3.63, 3.8) is 0 Å². The van der Waals surface area contributed by atoms with Crippen LogP contribution in [0.15, 0.2) is 12.2 Å². The van der Waals surface area contributed by atoms with E-state index in [9.17, 15) is 4.79 Å². The van der Waals surface area contributed by atoms with Gasteiger partial charge in [0.15, 0.2) is 0 Å². The second kappa shape index (κ2) is 9.77. The summed E-state index contributed by atoms with van der Waals surface area (Å²) >= 11 is 0. The first kappa shape index (κ1) is 18.9. The number of carbonyl (C=O) groups is 1. The molecule has 0 aliphatic carbocycles. The number of methoxy groups -OCH3 is 1. The number of alkyl carbamates (subject to hydrolysis) is 1. The van der Waals surface area contributed by atoms with Crippen LogP contribution in [0.2, 0.25) is 0 Å². The summed E-state index contributed by atoms with van der Waals surface area (Å²) in [4.78, 5) is 11.4. The molecule has 0 aromatic carbocycles. The summed E-state index contributed by atoms with van der Waals surface area (Å²) in [5.74, 6) is 0.517. The number of nitrogens with one attached hydrogen (secondary N) is 2. The van der Waals surface area contributed by atoms with E-state index in [1.54, 1.807) is 7.11 Å². The summed E-state index contributed by atoms with van der Waals surface area (Å²) in [7, 11) is 1.71. The van der Waals surface area contributed by atoms with E-state index in [0.29, 0.717) is 25.1 Å². The minimum absolute atomic E-state index is 0.337. The second-order valence-electron chi connectivity index (χ2n) is 6.07. The standard InChI is InChI=1S/C15H30N2O3/c1-12(2)13(11-19-6)16-9-7-8-10-17-14(18)20-15(3,4)5/h7-8,12-13,16H,9-11H2,1-6H3,(H,17,18)/b8-7+. The molecule has 0 heterocycles. The molecular formula is C15H30N2O3. The average molecular weight is 286 g/mol. The van der Waals surface area contributed by atoms with Crippen molar-refractivity contribution < 1.29 is 14.3 Å². The number of ether oxygens (including phenoxy) is 2. The summed E-state index contributed by atoms with van der Waals surface area (Å²) in [6.45, 7) is 11.8. The minimum Gasteiger partial charge on any atom is -0.444 e. The molecule has 0 saturated heterocycles. The summed E-state index contributed by atoms with van der Waals surface area (Å²) in [5.41, 5.74) is -0.458. The van der Waals surface area contributed by atoms with Crippen LogP contribution in [0.1, 0.15) is 34.6 Å². The lowest BCUT2D eigenvalue weighted by molar-refractivity contribution is 0.0534. The molecule has 0 rings (SSSR count). The molecule has 0 radical (unpaired) electrons. The van der Waals surface area contributed by atoms with Crippen LogP contribution in [0.4, 0.5) is 4.79 Å². The Morgan fingerprint density at radius 1 is 1.20 bits per heavy atom. The highest BCUT2D eigenvalue weighted by Crippen LogP contribution is 2.06. The average Bonchev–Trinajstić information content (AvgIpc) is 2.29. The Morgan fingerprint density at radius 2 is 1.80 bits per heavy atom. The summed E-state index contributed by atoms with van der Waals surface area (Å²) in [6.07, 6.45) is 3.50. The molecule has 0 saturated carbocycles. The molecule has 5 heteroatoms. The van der Waals surface area contributed by atoms with E-state index in [1.165, 1.54) is 0 Å². The first-order valence-corrected chi connectivity index (χ1v) is 7.10. The van der Waals surface area contributed by atoms with E-state index in [0.717, 1.165) is 6.54 Å². The van der Waals surface area contributed by atoms with Crippen molar-refractivity contribution in [2.45, 2.75) is 46.3 Å². The van der Waals surface area contributed by atoms with Crippen molar-refractivity contribution in [2.24, 2.45) is 5.92 Å². The Bertz CT molecular complexity index is 296. The lowest BCUT2D eigenvalue weighted by Crippen LogP contribution is -2.37. The SMILES string of the molecule is COCC(NC/C=C/CNC(=O)OC(C)(C)C)C(C)C. The van der Waals surface area contributed by atoms with Crippen LogP contribution in [0.25, 0.3) is 0 Å². The monoisotopic (exact) mass is 286 g/mol. The van der Waals surface area contributed by atoms with Crippen molar-refractivity contribution in [3.05, 3.63) is 12.2 Å². The molecule has 0 spiro atoms. The van der Waals surface area contributed by atoms with Crippen LogP contribution in [0.5, 0.6) is 0 Å². The molecular weight excluding hydrogens is 256 g/mol. The quantitative estimate of drug-likeness (QED) is 0.672. The van der Waals surface area contributed by atoms with Crippen LogP contribution < -0.4 is 10.6 Å². The Kier molecular flexibility index (Phi) is 9.25. The van der Waals surface area contributed by atoms with Crippen LogP contribution in [-0.2, 0) is 9.47 Å². The van der Waals surface area contributed by atoms with Gasteiger partial charge in [-0.1, -0.05) is 26.0 Å². The molecule has 0 fully saturated rings. The maximum atomic E-state index is 11.4. The normalized spacial score (nSPS) is 13.8. The fourth-order valence-electron chi connectivity index (χ4n) is 1.51. The zero-order valence-electron chi connectivity index (χ0n) is 13.7. The molecule has 118 valence electrons. The van der Waals surface area contributed by atoms with Gasteiger partial charge in [-0.25, -0.2) is 4.79 Å². The molecule has 0 aliphatic rings. The molecule has 5 nitrogen and oxygen atoms in total. The van der Waals surface area contributed by atoms with Crippen molar-refractivity contribution in [3.8, 4) is 0 Å². The Labute approximate surface area is 123 Å². The van der Waals surface area contributed by atoms with E-state index in [1.807, 2.05) is 32.9 Å². The highest BCUT2D eigenvalue weighted by atomic mass is 16.6. The van der Waals surface area contributed by atoms with E-state index < -0.39 is 11.7 Å². The van der Waals surface area contributed by atoms with Crippen molar-refractivity contribution in [1.29, 1.82) is 0 Å². The first-order chi connectivity index (χ1) is 9.26. The topological polar surface area (TPSA) is 59.6 Å². The zero-order valence-corrected chi connectivity index (χ0v) is 13.7. The fourth-order valence-corrected chi connectivity index (χ4v) is 1.51. The largest absolute Gasteiger partial charge is 0.444 e. The van der Waals surface area contributed by atoms with Gasteiger partial charge in [0.05, 0.1) is 6.61 Å². The van der Waals surface area contributed by atoms with E-state index in [4.69, 9.17) is 9.47 Å². The van der Waals surface area contributed by atoms with E-state index in [-0.39, 0.29) is 0 Å². The summed E-state index contributed by atoms with van der Waals surface area (Å²) in [5, 5.41) is 6.07. The summed E-state index contributed by atoms with van der Waals surface area (Å²) in [6, 6.07) is 0.337. The van der Waals surface area contributed by atoms with Gasteiger partial charge in [-0.15, -0.1) is 0 Å². The number of rotatable bonds is 8. The molecule has 2 N–H and O–H groups in total. The number of amides is 1. The maximum absolute atomic E-state index is 11.4. The number of hydrogen-bond acceptors (Lipinski definition) is 4. The van der Waals surface area contributed by atoms with Crippen LogP contribution in [0, 0.1) is 5.92 Å². The highest BCUT2D eigenvalue weighted by Gasteiger charge is 2.15. The molecule has 0 aromatic heterocycles. The molecule has 0 aromatic rings. The lowest BCUT2D eigenvalue weighted by Gasteiger charge is -2.20. The Morgan fingerprint density at radius 3 is 2.30 bits per heavy atom. The minimum atomic E-state index is -0.458. The van der Waals surface area contributed by atoms with Gasteiger partial charge in [0.2, 0.25) is 0 Å². The third-order valence-corrected chi connectivity index (χ3v) is 2.58. The molecule has 1 unspecified atom stereocenters. The Hall–Kier alpha value is -1.07. The fraction of sp³-hybridized carbons (Fsp3) is 0.800. The Balaban J connectivity index is 3.79. The van der Waals surface area contributed by atoms with Gasteiger partial charge in [-0.3, -0.25) is 0 Å². The first-order valence-electron chi connectivity index (χ1n) is 7.10. The number of hydrogen-bond donors (Lipinski definition) is 2. The summed E-state index contributed by atoms with van der Waals surface area (Å²) < 4.78 is 10.3. The van der Waals surface area contributed by atoms with Crippen molar-refractivity contribution in [2.75, 3.05) is 26.8 Å². The maximum Gasteiger partial charge on any atom is 0.407 e. The van der Waals surface area contributed by atoms with E-state index >= 15 is 0 Å². The van der Waals surface area contributed by atoms with Crippen LogP contribution in [0.3, 0.4) is 0 Å². The smallest absolute Gasteiger partial charge is 0.407 e. The van der Waals surface area contributed by atoms with Gasteiger partial charge in [0, 0.05) is 26.2 Å². The molecule has 1 amide bonds. The van der Waals surface area contributed by atoms with E-state index in [2.05, 4.69) is 24.5 Å². The van der Waals surface area contributed by atoms with Gasteiger partial charge < -0.3 is 20.1 Å². The predicted molar refractivity (Wildman–Crippen MR) is 81.9 cm³/mol. The van der Waals surface area contributed by atoms with Gasteiger partial charge in [-0.2, -0.15) is 0 Å². The second-order valence-corrected chi connectivity index (χ2v) is 6.07. The number of carbonyl (C=O) groups excluding carboxylic acids is 1. The predicted octanol–water partition coefficient (Wildman–Crippen LogP) is 2.33. The van der Waals surface area contributed by atoms with Crippen LogP contribution in [-0.4, -0.2) is 44.5 Å². The van der Waals surface area contributed by atoms with Gasteiger partial charge >= 0.3 is 6.09 Å². The van der Waals surface area contributed by atoms with Gasteiger partial charge in [-0.05, 0) is 26.7 Å². The molecule has 0 aliphatic heterocycles. The third kappa shape index (κ3) is 10.8. The van der Waals surface area contributed by atoms with Gasteiger partial charge in [0.25, 0.3) is 0 Å². The lowest BCUT2D eigenvalue weighted by atomic mass is 10.1. The molecule has 0 bridgehead atoms. The van der Waals surface area contributed by atoms with Crippen molar-refractivity contribution in [1.82, 2.24) is 10.6 Å². The molecule has 20 heavy (non-hydrogen) atoms. The van der Waals surface area contributed by atoms with Gasteiger partial charge in [0.1, 0.15) is 5.60 Å². The van der Waals surface area contributed by atoms with Crippen molar-refractivity contribution >= 4 is 6.09 Å². The zero-order chi connectivity index (χ0) is 15.6. The van der Waals surface area contributed by atoms with Crippen LogP contribution >= 0.6 is 0 Å². The third-order valence-electron chi connectivity index (χ3n) is 2.58. The highest BCUT2D eigenvalue weighted by molar-refractivity contribution is 5.67.